The Morgan fingerprint density at radius 1 is 0.672 bits per heavy atom. The third kappa shape index (κ3) is 33.6. The number of carbonyl (C=O) groups is 3. The van der Waals surface area contributed by atoms with Gasteiger partial charge in [0, 0.05) is 31.1 Å². The summed E-state index contributed by atoms with van der Waals surface area (Å²) >= 11 is 0. The first-order chi connectivity index (χ1) is 30.6. The van der Waals surface area contributed by atoms with E-state index < -0.39 is 78.4 Å². The van der Waals surface area contributed by atoms with E-state index in [4.69, 9.17) is 23.8 Å². The molecule has 16 nitrogen and oxygen atoms in total. The molecule has 1 rings (SSSR count). The highest BCUT2D eigenvalue weighted by Crippen LogP contribution is 2.44. The molecule has 0 radical (unpaired) electrons. The summed E-state index contributed by atoms with van der Waals surface area (Å²) in [4.78, 5) is 65.7. The first-order valence-corrected chi connectivity index (χ1v) is 27.2. The number of esters is 2. The standard InChI is InChI=1S/C46H84O16P2/c1-3-5-7-8-9-10-11-12-13-14-15-16-17-18-19-20-25-29-45(51)58-36-40(37-61-64(56,57)60-35-39(48)34-59-63(53,54)55)62-46(52)30-26-22-21-24-28-41-42(44(50)33-43(41)49)32-31-38(47)27-23-6-4-2/h12-13,31-32,38-42,44,47-48,50H,3-11,14-30,33-37H2,1-2H3,(H,56,57)(H2,53,54,55)/b13-12-,32-31+/t38-,39-,40+,41+,42+,44+/m0/s1. The summed E-state index contributed by atoms with van der Waals surface area (Å²) in [6.45, 7) is 1.40. The van der Waals surface area contributed by atoms with Gasteiger partial charge in [-0.05, 0) is 51.4 Å². The highest BCUT2D eigenvalue weighted by molar-refractivity contribution is 7.47. The van der Waals surface area contributed by atoms with Gasteiger partial charge in [-0.1, -0.05) is 141 Å². The Hall–Kier alpha value is -1.81. The first-order valence-electron chi connectivity index (χ1n) is 24.1. The van der Waals surface area contributed by atoms with Crippen molar-refractivity contribution >= 4 is 33.4 Å². The van der Waals surface area contributed by atoms with Gasteiger partial charge in [0.15, 0.2) is 6.10 Å². The number of ketones is 1. The number of allylic oxidation sites excluding steroid dienone is 2. The fourth-order valence-electron chi connectivity index (χ4n) is 7.47. The van der Waals surface area contributed by atoms with Gasteiger partial charge in [-0.25, -0.2) is 9.13 Å². The number of hydrogen-bond donors (Lipinski definition) is 6. The lowest BCUT2D eigenvalue weighted by molar-refractivity contribution is -0.161. The minimum Gasteiger partial charge on any atom is -0.462 e. The van der Waals surface area contributed by atoms with Crippen LogP contribution >= 0.6 is 15.6 Å². The fraction of sp³-hybridized carbons (Fsp3) is 0.848. The van der Waals surface area contributed by atoms with Gasteiger partial charge >= 0.3 is 27.6 Å². The lowest BCUT2D eigenvalue weighted by atomic mass is 9.88. The number of ether oxygens (including phenoxy) is 2. The molecule has 0 aromatic heterocycles. The van der Waals surface area contributed by atoms with Crippen LogP contribution in [0.5, 0.6) is 0 Å². The van der Waals surface area contributed by atoms with Crippen LogP contribution in [0.1, 0.15) is 187 Å². The van der Waals surface area contributed by atoms with E-state index in [1.54, 1.807) is 12.2 Å². The van der Waals surface area contributed by atoms with Crippen LogP contribution in [0.15, 0.2) is 24.3 Å². The molecule has 1 saturated carbocycles. The van der Waals surface area contributed by atoms with Gasteiger partial charge in [-0.15, -0.1) is 0 Å². The maximum atomic E-state index is 12.8. The molecule has 1 unspecified atom stereocenters. The van der Waals surface area contributed by atoms with Crippen LogP contribution in [0, 0.1) is 11.8 Å². The SMILES string of the molecule is CCCCCCCC/C=C\CCCCCCCCCC(=O)OC[C@H](COP(=O)(O)OC[C@@H](O)COP(=O)(O)O)OC(=O)CCCCCC[C@H]1C(=O)C[C@@H](O)[C@@H]1/C=C/[C@@H](O)CCCCC. The molecule has 0 amide bonds. The second-order valence-electron chi connectivity index (χ2n) is 17.2. The zero-order valence-corrected chi connectivity index (χ0v) is 40.6. The van der Waals surface area contributed by atoms with Crippen LogP contribution in [-0.4, -0.2) is 98.6 Å². The van der Waals surface area contributed by atoms with Gasteiger partial charge in [0.1, 0.15) is 18.5 Å². The van der Waals surface area contributed by atoms with Crippen molar-refractivity contribution in [2.24, 2.45) is 11.8 Å². The second kappa shape index (κ2) is 37.2. The molecule has 18 heteroatoms. The molecule has 0 aromatic rings. The fourth-order valence-corrected chi connectivity index (χ4v) is 8.63. The van der Waals surface area contributed by atoms with Crippen molar-refractivity contribution in [2.75, 3.05) is 26.4 Å². The van der Waals surface area contributed by atoms with Crippen molar-refractivity contribution < 1.29 is 76.6 Å². The normalized spacial score (nSPS) is 19.3. The Balaban J connectivity index is 2.50. The Bertz CT molecular complexity index is 1390. The zero-order valence-electron chi connectivity index (χ0n) is 38.9. The smallest absolute Gasteiger partial charge is 0.462 e. The zero-order chi connectivity index (χ0) is 47.5. The number of aliphatic hydroxyl groups excluding tert-OH is 3. The van der Waals surface area contributed by atoms with Crippen LogP contribution in [0.3, 0.4) is 0 Å². The molecule has 1 fully saturated rings. The summed E-state index contributed by atoms with van der Waals surface area (Å²) in [5, 5.41) is 30.5. The largest absolute Gasteiger partial charge is 0.472 e. The number of unbranched alkanes of at least 4 members (excludes halogenated alkanes) is 18. The molecule has 0 aliphatic heterocycles. The van der Waals surface area contributed by atoms with E-state index in [2.05, 4.69) is 35.0 Å². The topological polar surface area (TPSA) is 253 Å². The lowest BCUT2D eigenvalue weighted by Gasteiger charge is -2.20. The predicted octanol–water partition coefficient (Wildman–Crippen LogP) is 9.27. The summed E-state index contributed by atoms with van der Waals surface area (Å²) in [5.74, 6) is -1.87. The number of carbonyl (C=O) groups excluding carboxylic acids is 3. The van der Waals surface area contributed by atoms with Crippen LogP contribution in [0.4, 0.5) is 0 Å². The maximum absolute atomic E-state index is 12.8. The highest BCUT2D eigenvalue weighted by atomic mass is 31.2. The lowest BCUT2D eigenvalue weighted by Crippen LogP contribution is -2.30. The van der Waals surface area contributed by atoms with E-state index in [0.29, 0.717) is 44.9 Å². The minimum absolute atomic E-state index is 0.00139. The number of rotatable bonds is 42. The molecule has 64 heavy (non-hydrogen) atoms. The van der Waals surface area contributed by atoms with Gasteiger partial charge in [0.2, 0.25) is 0 Å². The number of phosphoric ester groups is 2. The molecular weight excluding hydrogens is 870 g/mol. The van der Waals surface area contributed by atoms with Gasteiger partial charge in [-0.3, -0.25) is 28.0 Å². The molecule has 0 bridgehead atoms. The highest BCUT2D eigenvalue weighted by Gasteiger charge is 2.39. The Kier molecular flexibility index (Phi) is 35.0. The number of aliphatic hydroxyl groups is 3. The Labute approximate surface area is 383 Å². The van der Waals surface area contributed by atoms with Crippen LogP contribution in [0.2, 0.25) is 0 Å². The van der Waals surface area contributed by atoms with E-state index in [9.17, 15) is 43.7 Å². The van der Waals surface area contributed by atoms with Crippen LogP contribution in [0.25, 0.3) is 0 Å². The molecule has 0 aromatic carbocycles. The van der Waals surface area contributed by atoms with Crippen molar-refractivity contribution in [1.29, 1.82) is 0 Å². The van der Waals surface area contributed by atoms with Crippen molar-refractivity contribution in [2.45, 2.75) is 212 Å². The molecule has 0 heterocycles. The third-order valence-electron chi connectivity index (χ3n) is 11.2. The molecule has 1 aliphatic rings. The van der Waals surface area contributed by atoms with Crippen molar-refractivity contribution in [3.8, 4) is 0 Å². The van der Waals surface area contributed by atoms with Crippen molar-refractivity contribution in [1.82, 2.24) is 0 Å². The molecular formula is C46H84O16P2. The quantitative estimate of drug-likeness (QED) is 0.0144. The monoisotopic (exact) mass is 955 g/mol. The summed E-state index contributed by atoms with van der Waals surface area (Å²) in [5.41, 5.74) is 0. The van der Waals surface area contributed by atoms with E-state index in [-0.39, 0.29) is 36.9 Å². The van der Waals surface area contributed by atoms with Crippen molar-refractivity contribution in [3.05, 3.63) is 24.3 Å². The predicted molar refractivity (Wildman–Crippen MR) is 245 cm³/mol. The Morgan fingerprint density at radius 3 is 1.80 bits per heavy atom. The summed E-state index contributed by atoms with van der Waals surface area (Å²) < 4.78 is 47.9. The molecule has 0 saturated heterocycles. The molecule has 1 aliphatic carbocycles. The maximum Gasteiger partial charge on any atom is 0.472 e. The van der Waals surface area contributed by atoms with Gasteiger partial charge in [0.05, 0.1) is 32.0 Å². The molecule has 7 atom stereocenters. The second-order valence-corrected chi connectivity index (χ2v) is 19.9. The van der Waals surface area contributed by atoms with E-state index in [0.717, 1.165) is 57.8 Å². The number of Topliss-reactive ketones (excluding diaryl/α,β-unsaturated/α-hetero) is 1. The number of hydrogen-bond acceptors (Lipinski definition) is 13. The van der Waals surface area contributed by atoms with E-state index in [1.165, 1.54) is 51.4 Å². The van der Waals surface area contributed by atoms with Crippen LogP contribution < -0.4 is 0 Å². The van der Waals surface area contributed by atoms with Crippen molar-refractivity contribution in [3.63, 3.8) is 0 Å². The summed E-state index contributed by atoms with van der Waals surface area (Å²) in [6, 6.07) is 0. The Morgan fingerprint density at radius 2 is 1.19 bits per heavy atom. The average molecular weight is 955 g/mol. The van der Waals surface area contributed by atoms with Gasteiger partial charge in [0.25, 0.3) is 0 Å². The summed E-state index contributed by atoms with van der Waals surface area (Å²) in [7, 11) is -9.77. The third-order valence-corrected chi connectivity index (χ3v) is 12.6. The summed E-state index contributed by atoms with van der Waals surface area (Å²) in [6.07, 6.45) is 27.8. The molecule has 374 valence electrons. The van der Waals surface area contributed by atoms with Gasteiger partial charge < -0.3 is 39.5 Å². The minimum atomic E-state index is -4.90. The van der Waals surface area contributed by atoms with Crippen LogP contribution in [-0.2, 0) is 46.6 Å². The molecule has 0 spiro atoms. The van der Waals surface area contributed by atoms with Gasteiger partial charge in [-0.2, -0.15) is 0 Å². The average Bonchev–Trinajstić information content (AvgIpc) is 3.51. The number of phosphoric acid groups is 2. The van der Waals surface area contributed by atoms with E-state index >= 15 is 0 Å². The first kappa shape index (κ1) is 60.2. The molecule has 6 N–H and O–H groups in total. The van der Waals surface area contributed by atoms with E-state index in [1.807, 2.05) is 0 Å².